The Bertz CT molecular complexity index is 734. The standard InChI is InChI=1S/C22H31FO5/c1-20-6-5-14(25)7-12(20)3-4-15-16-8-13(10-23)22(28,18(27)11-24)21(16,2)9-17(26)19(15)20/h7,13,15-17,19,24,26,28H,3-6,8-11H2,1-2H3/t13-,15-,16-,17-,19+,20-,21-,22-/m0/s1. The number of ketones is 2. The predicted octanol–water partition coefficient (Wildman–Crippen LogP) is 1.98. The summed E-state index contributed by atoms with van der Waals surface area (Å²) in [6.07, 6.45) is 4.29. The van der Waals surface area contributed by atoms with Crippen molar-refractivity contribution >= 4 is 11.6 Å². The van der Waals surface area contributed by atoms with Gasteiger partial charge in [0.25, 0.3) is 0 Å². The third kappa shape index (κ3) is 2.34. The Hall–Kier alpha value is -1.11. The van der Waals surface area contributed by atoms with Crippen molar-refractivity contribution in [3.8, 4) is 0 Å². The van der Waals surface area contributed by atoms with Crippen LogP contribution in [-0.2, 0) is 9.59 Å². The molecule has 0 aromatic heterocycles. The average Bonchev–Trinajstić information content (AvgIpc) is 2.89. The van der Waals surface area contributed by atoms with Crippen LogP contribution in [0.3, 0.4) is 0 Å². The zero-order valence-corrected chi connectivity index (χ0v) is 16.7. The lowest BCUT2D eigenvalue weighted by molar-refractivity contribution is -0.188. The number of hydrogen-bond donors (Lipinski definition) is 3. The number of rotatable bonds is 3. The maximum atomic E-state index is 13.9. The van der Waals surface area contributed by atoms with Gasteiger partial charge in [-0.05, 0) is 61.3 Å². The molecule has 0 radical (unpaired) electrons. The molecule has 0 amide bonds. The Morgan fingerprint density at radius 3 is 2.68 bits per heavy atom. The fraction of sp³-hybridized carbons (Fsp3) is 0.818. The zero-order chi connectivity index (χ0) is 20.5. The highest BCUT2D eigenvalue weighted by atomic mass is 19.1. The van der Waals surface area contributed by atoms with E-state index in [0.29, 0.717) is 19.3 Å². The largest absolute Gasteiger partial charge is 0.393 e. The molecule has 0 aromatic carbocycles. The number of alkyl halides is 1. The first kappa shape index (κ1) is 20.2. The summed E-state index contributed by atoms with van der Waals surface area (Å²) in [5.74, 6) is -1.56. The van der Waals surface area contributed by atoms with Gasteiger partial charge < -0.3 is 15.3 Å². The van der Waals surface area contributed by atoms with E-state index in [1.54, 1.807) is 13.0 Å². The van der Waals surface area contributed by atoms with E-state index in [1.165, 1.54) is 0 Å². The molecule has 3 fully saturated rings. The summed E-state index contributed by atoms with van der Waals surface area (Å²) in [5, 5.41) is 32.1. The van der Waals surface area contributed by atoms with Gasteiger partial charge in [-0.2, -0.15) is 0 Å². The first-order chi connectivity index (χ1) is 13.1. The van der Waals surface area contributed by atoms with E-state index >= 15 is 0 Å². The van der Waals surface area contributed by atoms with Gasteiger partial charge in [0.05, 0.1) is 12.8 Å². The molecular weight excluding hydrogens is 363 g/mol. The molecule has 5 nitrogen and oxygen atoms in total. The molecule has 3 saturated carbocycles. The van der Waals surface area contributed by atoms with Gasteiger partial charge in [-0.15, -0.1) is 0 Å². The molecule has 4 aliphatic rings. The smallest absolute Gasteiger partial charge is 0.190 e. The summed E-state index contributed by atoms with van der Waals surface area (Å²) in [5.41, 5.74) is -2.09. The normalized spacial score (nSPS) is 50.4. The molecule has 0 aromatic rings. The summed E-state index contributed by atoms with van der Waals surface area (Å²) >= 11 is 0. The summed E-state index contributed by atoms with van der Waals surface area (Å²) in [6.45, 7) is 2.27. The van der Waals surface area contributed by atoms with Gasteiger partial charge in [0.2, 0.25) is 0 Å². The minimum Gasteiger partial charge on any atom is -0.393 e. The van der Waals surface area contributed by atoms with Crippen LogP contribution in [-0.4, -0.2) is 51.9 Å². The van der Waals surface area contributed by atoms with Crippen molar-refractivity contribution in [2.75, 3.05) is 13.3 Å². The molecule has 0 saturated heterocycles. The number of hydrogen-bond acceptors (Lipinski definition) is 5. The molecule has 3 N–H and O–H groups in total. The average molecular weight is 394 g/mol. The number of carbonyl (C=O) groups is 2. The number of halogens is 1. The van der Waals surface area contributed by atoms with Crippen molar-refractivity contribution in [3.63, 3.8) is 0 Å². The monoisotopic (exact) mass is 394 g/mol. The maximum absolute atomic E-state index is 13.9. The van der Waals surface area contributed by atoms with Crippen molar-refractivity contribution in [2.45, 2.75) is 64.1 Å². The lowest BCUT2D eigenvalue weighted by Crippen LogP contribution is -2.63. The Labute approximate surface area is 165 Å². The Kier molecular flexibility index (Phi) is 4.64. The fourth-order valence-electron chi connectivity index (χ4n) is 7.69. The van der Waals surface area contributed by atoms with Crippen molar-refractivity contribution in [1.82, 2.24) is 0 Å². The molecule has 156 valence electrons. The molecule has 4 aliphatic carbocycles. The first-order valence-corrected chi connectivity index (χ1v) is 10.5. The number of carbonyl (C=O) groups excluding carboxylic acids is 2. The van der Waals surface area contributed by atoms with Gasteiger partial charge in [0.15, 0.2) is 11.6 Å². The number of aliphatic hydroxyl groups is 3. The molecule has 0 aliphatic heterocycles. The molecule has 0 heterocycles. The second-order valence-electron chi connectivity index (χ2n) is 10.0. The Morgan fingerprint density at radius 2 is 2.04 bits per heavy atom. The lowest BCUT2D eigenvalue weighted by Gasteiger charge is -2.60. The molecule has 28 heavy (non-hydrogen) atoms. The Balaban J connectivity index is 1.77. The molecule has 4 rings (SSSR count). The van der Waals surface area contributed by atoms with E-state index in [0.717, 1.165) is 18.4 Å². The highest BCUT2D eigenvalue weighted by molar-refractivity contribution is 5.92. The third-order valence-corrected chi connectivity index (χ3v) is 9.04. The van der Waals surface area contributed by atoms with Crippen LogP contribution in [0.25, 0.3) is 0 Å². The topological polar surface area (TPSA) is 94.8 Å². The van der Waals surface area contributed by atoms with Crippen molar-refractivity contribution in [1.29, 1.82) is 0 Å². The Morgan fingerprint density at radius 1 is 1.32 bits per heavy atom. The molecule has 8 atom stereocenters. The van der Waals surface area contributed by atoms with Crippen LogP contribution in [0.4, 0.5) is 4.39 Å². The minimum absolute atomic E-state index is 0.0543. The SMILES string of the molecule is C[C@]12CCC(=O)C=C1CC[C@@H]1[C@@H]2[C@@H](O)C[C@@]2(C)[C@H]1C[C@@H](CF)[C@]2(O)C(=O)CO. The van der Waals surface area contributed by atoms with E-state index in [9.17, 15) is 29.3 Å². The lowest BCUT2D eigenvalue weighted by atomic mass is 9.45. The second kappa shape index (κ2) is 6.44. The predicted molar refractivity (Wildman–Crippen MR) is 100.0 cm³/mol. The highest BCUT2D eigenvalue weighted by Crippen LogP contribution is 2.68. The van der Waals surface area contributed by atoms with Gasteiger partial charge in [0.1, 0.15) is 12.2 Å². The molecular formula is C22H31FO5. The summed E-state index contributed by atoms with van der Waals surface area (Å²) in [7, 11) is 0. The number of aliphatic hydroxyl groups excluding tert-OH is 2. The van der Waals surface area contributed by atoms with Crippen LogP contribution in [0.2, 0.25) is 0 Å². The van der Waals surface area contributed by atoms with Crippen molar-refractivity contribution in [3.05, 3.63) is 11.6 Å². The van der Waals surface area contributed by atoms with E-state index in [2.05, 4.69) is 6.92 Å². The van der Waals surface area contributed by atoms with Crippen LogP contribution >= 0.6 is 0 Å². The third-order valence-electron chi connectivity index (χ3n) is 9.04. The first-order valence-electron chi connectivity index (χ1n) is 10.5. The van der Waals surface area contributed by atoms with Crippen LogP contribution in [0.1, 0.15) is 52.4 Å². The van der Waals surface area contributed by atoms with Gasteiger partial charge in [-0.25, -0.2) is 0 Å². The highest BCUT2D eigenvalue weighted by Gasteiger charge is 2.71. The van der Waals surface area contributed by atoms with Gasteiger partial charge in [-0.3, -0.25) is 14.0 Å². The van der Waals surface area contributed by atoms with Crippen LogP contribution in [0, 0.1) is 34.5 Å². The molecule has 0 unspecified atom stereocenters. The second-order valence-corrected chi connectivity index (χ2v) is 10.0. The van der Waals surface area contributed by atoms with Gasteiger partial charge in [-0.1, -0.05) is 19.4 Å². The summed E-state index contributed by atoms with van der Waals surface area (Å²) in [4.78, 5) is 24.5. The van der Waals surface area contributed by atoms with Gasteiger partial charge in [0, 0.05) is 17.8 Å². The fourth-order valence-corrected chi connectivity index (χ4v) is 7.69. The molecule has 6 heteroatoms. The van der Waals surface area contributed by atoms with Crippen LogP contribution in [0.5, 0.6) is 0 Å². The van der Waals surface area contributed by atoms with E-state index in [-0.39, 0.29) is 35.4 Å². The number of Topliss-reactive ketones (excluding diaryl/α,β-unsaturated/α-hetero) is 1. The van der Waals surface area contributed by atoms with E-state index in [1.807, 2.05) is 0 Å². The van der Waals surface area contributed by atoms with Crippen molar-refractivity contribution in [2.24, 2.45) is 34.5 Å². The van der Waals surface area contributed by atoms with Gasteiger partial charge >= 0.3 is 0 Å². The number of fused-ring (bicyclic) bond motifs is 5. The number of allylic oxidation sites excluding steroid dienone is 1. The zero-order valence-electron chi connectivity index (χ0n) is 16.7. The van der Waals surface area contributed by atoms with E-state index < -0.39 is 42.1 Å². The molecule has 0 spiro atoms. The van der Waals surface area contributed by atoms with E-state index in [4.69, 9.17) is 0 Å². The minimum atomic E-state index is -1.95. The summed E-state index contributed by atoms with van der Waals surface area (Å²) < 4.78 is 13.9. The summed E-state index contributed by atoms with van der Waals surface area (Å²) in [6, 6.07) is 0. The quantitative estimate of drug-likeness (QED) is 0.680. The maximum Gasteiger partial charge on any atom is 0.190 e. The molecule has 0 bridgehead atoms. The van der Waals surface area contributed by atoms with Crippen LogP contribution < -0.4 is 0 Å². The van der Waals surface area contributed by atoms with Crippen molar-refractivity contribution < 1.29 is 29.3 Å². The van der Waals surface area contributed by atoms with Crippen LogP contribution in [0.15, 0.2) is 11.6 Å².